The predicted molar refractivity (Wildman–Crippen MR) is 92.0 cm³/mol. The van der Waals surface area contributed by atoms with Crippen molar-refractivity contribution < 1.29 is 9.13 Å². The molecule has 0 unspecified atom stereocenters. The normalized spacial score (nSPS) is 10.4. The standard InChI is InChI=1S/C18H16FN5O/c1-23(2)17-9-18(24(3)22-17)25-16-8-12(10-20)4-6-14(16)15-7-5-13(19)11-21-15/h4-9,11H,1-3H3. The van der Waals surface area contributed by atoms with Crippen LogP contribution in [0.1, 0.15) is 5.56 Å². The molecular weight excluding hydrogens is 321 g/mol. The van der Waals surface area contributed by atoms with Crippen LogP contribution < -0.4 is 9.64 Å². The Hall–Kier alpha value is -3.40. The maximum absolute atomic E-state index is 13.1. The predicted octanol–water partition coefficient (Wildman–Crippen LogP) is 3.35. The third kappa shape index (κ3) is 3.43. The molecule has 0 fully saturated rings. The highest BCUT2D eigenvalue weighted by atomic mass is 19.1. The van der Waals surface area contributed by atoms with Gasteiger partial charge in [-0.05, 0) is 30.3 Å². The van der Waals surface area contributed by atoms with Crippen LogP contribution in [0.2, 0.25) is 0 Å². The number of halogens is 1. The van der Waals surface area contributed by atoms with Crippen LogP contribution in [0, 0.1) is 17.1 Å². The molecule has 0 aliphatic carbocycles. The molecule has 3 aromatic rings. The van der Waals surface area contributed by atoms with Crippen LogP contribution >= 0.6 is 0 Å². The summed E-state index contributed by atoms with van der Waals surface area (Å²) in [5.41, 5.74) is 1.67. The number of nitriles is 1. The van der Waals surface area contributed by atoms with E-state index in [4.69, 9.17) is 10.00 Å². The Morgan fingerprint density at radius 1 is 1.20 bits per heavy atom. The van der Waals surface area contributed by atoms with Gasteiger partial charge < -0.3 is 9.64 Å². The highest BCUT2D eigenvalue weighted by Crippen LogP contribution is 2.34. The second kappa shape index (κ2) is 6.61. The lowest BCUT2D eigenvalue weighted by Crippen LogP contribution is -2.09. The average Bonchev–Trinajstić information content (AvgIpc) is 2.97. The van der Waals surface area contributed by atoms with E-state index < -0.39 is 5.82 Å². The van der Waals surface area contributed by atoms with Gasteiger partial charge in [0, 0.05) is 32.8 Å². The number of pyridine rings is 1. The number of benzene rings is 1. The Bertz CT molecular complexity index is 941. The second-order valence-corrected chi connectivity index (χ2v) is 5.65. The van der Waals surface area contributed by atoms with Gasteiger partial charge in [0.25, 0.3) is 0 Å². The smallest absolute Gasteiger partial charge is 0.219 e. The summed E-state index contributed by atoms with van der Waals surface area (Å²) in [5, 5.41) is 13.5. The molecule has 2 heterocycles. The molecule has 0 saturated heterocycles. The van der Waals surface area contributed by atoms with Crippen LogP contribution in [0.15, 0.2) is 42.6 Å². The Kier molecular flexibility index (Phi) is 4.35. The molecule has 0 saturated carbocycles. The zero-order valence-electron chi connectivity index (χ0n) is 14.1. The van der Waals surface area contributed by atoms with Crippen molar-refractivity contribution in [2.75, 3.05) is 19.0 Å². The first-order chi connectivity index (χ1) is 12.0. The molecule has 0 radical (unpaired) electrons. The first kappa shape index (κ1) is 16.5. The maximum Gasteiger partial charge on any atom is 0.219 e. The van der Waals surface area contributed by atoms with Gasteiger partial charge in [-0.2, -0.15) is 10.4 Å². The summed E-state index contributed by atoms with van der Waals surface area (Å²) in [6, 6.07) is 11.8. The van der Waals surface area contributed by atoms with E-state index in [0.717, 1.165) is 12.0 Å². The van der Waals surface area contributed by atoms with Gasteiger partial charge in [-0.15, -0.1) is 0 Å². The van der Waals surface area contributed by atoms with Crippen LogP contribution in [0.3, 0.4) is 0 Å². The SMILES string of the molecule is CN(C)c1cc(Oc2cc(C#N)ccc2-c2ccc(F)cn2)n(C)n1. The van der Waals surface area contributed by atoms with Crippen LogP contribution in [-0.4, -0.2) is 28.9 Å². The summed E-state index contributed by atoms with van der Waals surface area (Å²) in [4.78, 5) is 5.96. The Morgan fingerprint density at radius 3 is 2.60 bits per heavy atom. The van der Waals surface area contributed by atoms with E-state index in [1.54, 1.807) is 42.1 Å². The van der Waals surface area contributed by atoms with Gasteiger partial charge in [-0.1, -0.05) is 0 Å². The minimum absolute atomic E-state index is 0.415. The quantitative estimate of drug-likeness (QED) is 0.730. The molecule has 0 amide bonds. The van der Waals surface area contributed by atoms with Gasteiger partial charge in [-0.25, -0.2) is 9.07 Å². The fourth-order valence-electron chi connectivity index (χ4n) is 2.29. The zero-order valence-corrected chi connectivity index (χ0v) is 14.1. The molecule has 0 aliphatic rings. The van der Waals surface area contributed by atoms with E-state index in [9.17, 15) is 4.39 Å². The van der Waals surface area contributed by atoms with Crippen LogP contribution in [-0.2, 0) is 7.05 Å². The van der Waals surface area contributed by atoms with E-state index in [1.807, 2.05) is 19.0 Å². The summed E-state index contributed by atoms with van der Waals surface area (Å²) >= 11 is 0. The van der Waals surface area contributed by atoms with Crippen molar-refractivity contribution in [1.82, 2.24) is 14.8 Å². The number of aromatic nitrogens is 3. The summed E-state index contributed by atoms with van der Waals surface area (Å²) < 4.78 is 20.7. The van der Waals surface area contributed by atoms with E-state index in [2.05, 4.69) is 16.2 Å². The number of aryl methyl sites for hydroxylation is 1. The second-order valence-electron chi connectivity index (χ2n) is 5.65. The molecular formula is C18H16FN5O. The number of anilines is 1. The summed E-state index contributed by atoms with van der Waals surface area (Å²) in [7, 11) is 5.54. The summed E-state index contributed by atoms with van der Waals surface area (Å²) in [6.45, 7) is 0. The maximum atomic E-state index is 13.1. The number of hydrogen-bond donors (Lipinski definition) is 0. The van der Waals surface area contributed by atoms with Crippen molar-refractivity contribution in [3.05, 3.63) is 54.0 Å². The first-order valence-corrected chi connectivity index (χ1v) is 7.53. The molecule has 3 rings (SSSR count). The van der Waals surface area contributed by atoms with Crippen LogP contribution in [0.5, 0.6) is 11.6 Å². The molecule has 2 aromatic heterocycles. The van der Waals surface area contributed by atoms with Crippen molar-refractivity contribution in [3.8, 4) is 29.0 Å². The molecule has 7 heteroatoms. The van der Waals surface area contributed by atoms with E-state index >= 15 is 0 Å². The van der Waals surface area contributed by atoms with Crippen molar-refractivity contribution in [1.29, 1.82) is 5.26 Å². The minimum Gasteiger partial charge on any atom is -0.438 e. The van der Waals surface area contributed by atoms with Crippen molar-refractivity contribution in [2.45, 2.75) is 0 Å². The lowest BCUT2D eigenvalue weighted by atomic mass is 10.1. The largest absolute Gasteiger partial charge is 0.438 e. The van der Waals surface area contributed by atoms with Gasteiger partial charge in [0.2, 0.25) is 5.88 Å². The van der Waals surface area contributed by atoms with Gasteiger partial charge >= 0.3 is 0 Å². The van der Waals surface area contributed by atoms with Crippen molar-refractivity contribution in [2.24, 2.45) is 7.05 Å². The van der Waals surface area contributed by atoms with E-state index in [-0.39, 0.29) is 0 Å². The van der Waals surface area contributed by atoms with Crippen LogP contribution in [0.25, 0.3) is 11.3 Å². The number of ether oxygens (including phenoxy) is 1. The van der Waals surface area contributed by atoms with E-state index in [1.165, 1.54) is 6.07 Å². The van der Waals surface area contributed by atoms with E-state index in [0.29, 0.717) is 28.5 Å². The van der Waals surface area contributed by atoms with Gasteiger partial charge in [-0.3, -0.25) is 4.98 Å². The first-order valence-electron chi connectivity index (χ1n) is 7.53. The van der Waals surface area contributed by atoms with Crippen LogP contribution in [0.4, 0.5) is 10.2 Å². The molecule has 0 N–H and O–H groups in total. The molecule has 25 heavy (non-hydrogen) atoms. The topological polar surface area (TPSA) is 67.0 Å². The number of nitrogens with zero attached hydrogens (tertiary/aromatic N) is 5. The molecule has 0 atom stereocenters. The average molecular weight is 337 g/mol. The van der Waals surface area contributed by atoms with Crippen molar-refractivity contribution in [3.63, 3.8) is 0 Å². The lowest BCUT2D eigenvalue weighted by molar-refractivity contribution is 0.432. The van der Waals surface area contributed by atoms with Gasteiger partial charge in [0.15, 0.2) is 5.82 Å². The Balaban J connectivity index is 2.05. The highest BCUT2D eigenvalue weighted by Gasteiger charge is 2.14. The monoisotopic (exact) mass is 337 g/mol. The summed E-state index contributed by atoms with van der Waals surface area (Å²) in [5.74, 6) is 1.30. The Labute approximate surface area is 144 Å². The highest BCUT2D eigenvalue weighted by molar-refractivity contribution is 5.69. The number of hydrogen-bond acceptors (Lipinski definition) is 5. The third-order valence-corrected chi connectivity index (χ3v) is 3.61. The molecule has 0 aliphatic heterocycles. The molecule has 0 spiro atoms. The molecule has 126 valence electrons. The fourth-order valence-corrected chi connectivity index (χ4v) is 2.29. The molecule has 0 bridgehead atoms. The fraction of sp³-hybridized carbons (Fsp3) is 0.167. The minimum atomic E-state index is -0.415. The zero-order chi connectivity index (χ0) is 18.0. The van der Waals surface area contributed by atoms with Gasteiger partial charge in [0.1, 0.15) is 11.6 Å². The Morgan fingerprint density at radius 2 is 2.00 bits per heavy atom. The molecule has 6 nitrogen and oxygen atoms in total. The summed E-state index contributed by atoms with van der Waals surface area (Å²) in [6.07, 6.45) is 1.14. The lowest BCUT2D eigenvalue weighted by Gasteiger charge is -2.11. The molecule has 1 aromatic carbocycles. The van der Waals surface area contributed by atoms with Crippen molar-refractivity contribution >= 4 is 5.82 Å². The third-order valence-electron chi connectivity index (χ3n) is 3.61. The van der Waals surface area contributed by atoms with Gasteiger partial charge in [0.05, 0.1) is 23.5 Å². The number of rotatable bonds is 4.